The second-order valence-corrected chi connectivity index (χ2v) is 4.68. The van der Waals surface area contributed by atoms with Gasteiger partial charge in [0.25, 0.3) is 0 Å². The van der Waals surface area contributed by atoms with Gasteiger partial charge in [0, 0.05) is 23.2 Å². The van der Waals surface area contributed by atoms with Gasteiger partial charge < -0.3 is 15.2 Å². The van der Waals surface area contributed by atoms with Crippen LogP contribution in [0.5, 0.6) is 11.5 Å². The third-order valence-corrected chi connectivity index (χ3v) is 3.09. The summed E-state index contributed by atoms with van der Waals surface area (Å²) in [6, 6.07) is 5.62. The van der Waals surface area contributed by atoms with E-state index >= 15 is 0 Å². The second-order valence-electron chi connectivity index (χ2n) is 3.77. The Balaban J connectivity index is 2.20. The number of anilines is 1. The van der Waals surface area contributed by atoms with Crippen LogP contribution in [0.3, 0.4) is 0 Å². The maximum absolute atomic E-state index is 5.78. The van der Waals surface area contributed by atoms with E-state index in [-0.39, 0.29) is 6.79 Å². The highest BCUT2D eigenvalue weighted by atomic mass is 79.9. The molecule has 1 aromatic heterocycles. The number of aromatic nitrogens is 2. The van der Waals surface area contributed by atoms with E-state index in [9.17, 15) is 0 Å². The number of nitrogens with two attached hydrogens (primary N) is 1. The van der Waals surface area contributed by atoms with Crippen LogP contribution >= 0.6 is 15.9 Å². The van der Waals surface area contributed by atoms with Gasteiger partial charge in [0.05, 0.1) is 5.69 Å². The SMILES string of the molecule is Cn1nc(-c2cc(Br)cc3c2OCO3)cc1N. The molecule has 1 aliphatic heterocycles. The van der Waals surface area contributed by atoms with Gasteiger partial charge in [0.15, 0.2) is 11.5 Å². The molecule has 6 heteroatoms. The lowest BCUT2D eigenvalue weighted by molar-refractivity contribution is 0.174. The standard InChI is InChI=1S/C11H10BrN3O2/c1-15-10(13)4-8(14-15)7-2-6(12)3-9-11(7)17-5-16-9/h2-4H,5,13H2,1H3. The van der Waals surface area contributed by atoms with Crippen LogP contribution < -0.4 is 15.2 Å². The van der Waals surface area contributed by atoms with Crippen molar-refractivity contribution in [2.24, 2.45) is 7.05 Å². The molecule has 0 spiro atoms. The smallest absolute Gasteiger partial charge is 0.231 e. The van der Waals surface area contributed by atoms with E-state index in [1.54, 1.807) is 11.7 Å². The van der Waals surface area contributed by atoms with Gasteiger partial charge in [-0.25, -0.2) is 0 Å². The highest BCUT2D eigenvalue weighted by Gasteiger charge is 2.21. The van der Waals surface area contributed by atoms with Crippen molar-refractivity contribution in [3.63, 3.8) is 0 Å². The van der Waals surface area contributed by atoms with Crippen LogP contribution in [0.2, 0.25) is 0 Å². The predicted octanol–water partition coefficient (Wildman–Crippen LogP) is 2.16. The fraction of sp³-hybridized carbons (Fsp3) is 0.182. The van der Waals surface area contributed by atoms with Crippen LogP contribution in [0.15, 0.2) is 22.7 Å². The summed E-state index contributed by atoms with van der Waals surface area (Å²) in [5.74, 6) is 2.04. The average molecular weight is 296 g/mol. The molecule has 17 heavy (non-hydrogen) atoms. The molecule has 0 saturated heterocycles. The number of fused-ring (bicyclic) bond motifs is 1. The average Bonchev–Trinajstić information content (AvgIpc) is 2.85. The molecule has 0 aliphatic carbocycles. The second kappa shape index (κ2) is 3.66. The number of hydrogen-bond donors (Lipinski definition) is 1. The van der Waals surface area contributed by atoms with Gasteiger partial charge in [0.1, 0.15) is 5.82 Å². The van der Waals surface area contributed by atoms with Gasteiger partial charge in [-0.3, -0.25) is 4.68 Å². The first-order valence-electron chi connectivity index (χ1n) is 5.04. The molecule has 0 saturated carbocycles. The van der Waals surface area contributed by atoms with Crippen LogP contribution in [0, 0.1) is 0 Å². The Bertz CT molecular complexity index is 575. The highest BCUT2D eigenvalue weighted by molar-refractivity contribution is 9.10. The maximum atomic E-state index is 5.78. The first-order chi connectivity index (χ1) is 8.15. The van der Waals surface area contributed by atoms with Gasteiger partial charge in [0.2, 0.25) is 6.79 Å². The van der Waals surface area contributed by atoms with Gasteiger partial charge in [-0.15, -0.1) is 0 Å². The zero-order valence-electron chi connectivity index (χ0n) is 9.11. The van der Waals surface area contributed by atoms with Gasteiger partial charge in [-0.05, 0) is 12.1 Å². The molecule has 1 aliphatic rings. The molecule has 0 unspecified atom stereocenters. The Morgan fingerprint density at radius 3 is 2.88 bits per heavy atom. The summed E-state index contributed by atoms with van der Waals surface area (Å²) in [5, 5.41) is 4.33. The van der Waals surface area contributed by atoms with E-state index in [1.165, 1.54) is 0 Å². The Morgan fingerprint density at radius 1 is 1.35 bits per heavy atom. The lowest BCUT2D eigenvalue weighted by Crippen LogP contribution is -1.96. The van der Waals surface area contributed by atoms with Crippen molar-refractivity contribution < 1.29 is 9.47 Å². The third kappa shape index (κ3) is 1.64. The van der Waals surface area contributed by atoms with Crippen LogP contribution in [0.1, 0.15) is 0 Å². The van der Waals surface area contributed by atoms with Gasteiger partial charge in [-0.2, -0.15) is 5.10 Å². The number of nitrogen functional groups attached to an aromatic ring is 1. The Kier molecular flexibility index (Phi) is 2.25. The lowest BCUT2D eigenvalue weighted by atomic mass is 10.1. The molecule has 0 fully saturated rings. The lowest BCUT2D eigenvalue weighted by Gasteiger charge is -2.03. The van der Waals surface area contributed by atoms with Crippen LogP contribution in [0.25, 0.3) is 11.3 Å². The molecule has 0 bridgehead atoms. The molecule has 2 N–H and O–H groups in total. The summed E-state index contributed by atoms with van der Waals surface area (Å²) in [7, 11) is 1.80. The van der Waals surface area contributed by atoms with Crippen LogP contribution in [0.4, 0.5) is 5.82 Å². The van der Waals surface area contributed by atoms with Crippen LogP contribution in [-0.2, 0) is 7.05 Å². The highest BCUT2D eigenvalue weighted by Crippen LogP contribution is 2.43. The molecule has 0 atom stereocenters. The third-order valence-electron chi connectivity index (χ3n) is 2.63. The van der Waals surface area contributed by atoms with Crippen molar-refractivity contribution in [1.29, 1.82) is 0 Å². The Morgan fingerprint density at radius 2 is 2.18 bits per heavy atom. The number of halogens is 1. The Labute approximate surface area is 106 Å². The zero-order valence-corrected chi connectivity index (χ0v) is 10.7. The molecule has 5 nitrogen and oxygen atoms in total. The number of aryl methyl sites for hydroxylation is 1. The van der Waals surface area contributed by atoms with E-state index in [2.05, 4.69) is 21.0 Å². The molecule has 0 radical (unpaired) electrons. The van der Waals surface area contributed by atoms with Crippen molar-refractivity contribution in [2.45, 2.75) is 0 Å². The maximum Gasteiger partial charge on any atom is 0.231 e. The summed E-state index contributed by atoms with van der Waals surface area (Å²) in [6.07, 6.45) is 0. The summed E-state index contributed by atoms with van der Waals surface area (Å²) < 4.78 is 13.4. The minimum atomic E-state index is 0.237. The first kappa shape index (κ1) is 10.5. The van der Waals surface area contributed by atoms with Crippen LogP contribution in [-0.4, -0.2) is 16.6 Å². The normalized spacial score (nSPS) is 13.1. The number of nitrogens with zero attached hydrogens (tertiary/aromatic N) is 2. The molecular weight excluding hydrogens is 286 g/mol. The van der Waals surface area contributed by atoms with Crippen molar-refractivity contribution >= 4 is 21.7 Å². The van der Waals surface area contributed by atoms with E-state index < -0.39 is 0 Å². The quantitative estimate of drug-likeness (QED) is 0.876. The summed E-state index contributed by atoms with van der Waals surface area (Å²) >= 11 is 3.44. The van der Waals surface area contributed by atoms with Gasteiger partial charge in [-0.1, -0.05) is 15.9 Å². The minimum Gasteiger partial charge on any atom is -0.454 e. The monoisotopic (exact) mass is 295 g/mol. The number of hydrogen-bond acceptors (Lipinski definition) is 4. The van der Waals surface area contributed by atoms with E-state index in [0.717, 1.165) is 21.5 Å². The fourth-order valence-corrected chi connectivity index (χ4v) is 2.22. The number of rotatable bonds is 1. The molecule has 88 valence electrons. The van der Waals surface area contributed by atoms with Crippen molar-refractivity contribution in [2.75, 3.05) is 12.5 Å². The van der Waals surface area contributed by atoms with E-state index in [1.807, 2.05) is 18.2 Å². The summed E-state index contributed by atoms with van der Waals surface area (Å²) in [6.45, 7) is 0.237. The summed E-state index contributed by atoms with van der Waals surface area (Å²) in [4.78, 5) is 0. The number of benzene rings is 1. The van der Waals surface area contributed by atoms with Gasteiger partial charge >= 0.3 is 0 Å². The van der Waals surface area contributed by atoms with E-state index in [0.29, 0.717) is 11.6 Å². The number of ether oxygens (including phenoxy) is 2. The molecule has 2 aromatic rings. The Hall–Kier alpha value is -1.69. The summed E-state index contributed by atoms with van der Waals surface area (Å²) in [5.41, 5.74) is 7.42. The molecule has 1 aromatic carbocycles. The molecule has 0 amide bonds. The topological polar surface area (TPSA) is 62.3 Å². The minimum absolute atomic E-state index is 0.237. The van der Waals surface area contributed by atoms with Crippen molar-refractivity contribution in [3.05, 3.63) is 22.7 Å². The molecule has 3 rings (SSSR count). The zero-order chi connectivity index (χ0) is 12.0. The molecule has 2 heterocycles. The largest absolute Gasteiger partial charge is 0.454 e. The van der Waals surface area contributed by atoms with E-state index in [4.69, 9.17) is 15.2 Å². The first-order valence-corrected chi connectivity index (χ1v) is 5.83. The van der Waals surface area contributed by atoms with Crippen molar-refractivity contribution in [1.82, 2.24) is 9.78 Å². The fourth-order valence-electron chi connectivity index (χ4n) is 1.78. The predicted molar refractivity (Wildman–Crippen MR) is 66.9 cm³/mol. The van der Waals surface area contributed by atoms with Crippen molar-refractivity contribution in [3.8, 4) is 22.8 Å². The molecular formula is C11H10BrN3O2.